The van der Waals surface area contributed by atoms with Crippen LogP contribution in [0.3, 0.4) is 0 Å². The van der Waals surface area contributed by atoms with Crippen LogP contribution < -0.4 is 5.32 Å². The molecule has 1 aliphatic rings. The Morgan fingerprint density at radius 2 is 1.89 bits per heavy atom. The first-order valence-corrected chi connectivity index (χ1v) is 6.50. The van der Waals surface area contributed by atoms with E-state index < -0.39 is 0 Å². The van der Waals surface area contributed by atoms with E-state index >= 15 is 0 Å². The fourth-order valence-corrected chi connectivity index (χ4v) is 2.75. The van der Waals surface area contributed by atoms with Gasteiger partial charge in [-0.1, -0.05) is 17.2 Å². The second-order valence-electron chi connectivity index (χ2n) is 4.80. The number of rotatable bonds is 1. The Bertz CT molecular complexity index is 653. The monoisotopic (exact) mass is 257 g/mol. The highest BCUT2D eigenvalue weighted by atomic mass is 32.1. The van der Waals surface area contributed by atoms with E-state index in [1.807, 2.05) is 0 Å². The Morgan fingerprint density at radius 1 is 1.17 bits per heavy atom. The third kappa shape index (κ3) is 1.93. The number of aromatic amines is 1. The summed E-state index contributed by atoms with van der Waals surface area (Å²) in [5, 5.41) is 3.28. The quantitative estimate of drug-likeness (QED) is 0.769. The zero-order chi connectivity index (χ0) is 12.7. The number of hydrogen-bond donors (Lipinski definition) is 2. The Kier molecular flexibility index (Phi) is 2.67. The summed E-state index contributed by atoms with van der Waals surface area (Å²) in [6, 6.07) is 6.55. The van der Waals surface area contributed by atoms with Crippen LogP contribution in [-0.2, 0) is 6.42 Å². The highest BCUT2D eigenvalue weighted by Crippen LogP contribution is 2.30. The molecule has 0 fully saturated rings. The summed E-state index contributed by atoms with van der Waals surface area (Å²) in [5.41, 5.74) is 6.08. The van der Waals surface area contributed by atoms with Gasteiger partial charge in [-0.15, -0.1) is 0 Å². The summed E-state index contributed by atoms with van der Waals surface area (Å²) in [7, 11) is 0. The average molecular weight is 257 g/mol. The van der Waals surface area contributed by atoms with E-state index in [0.29, 0.717) is 4.77 Å². The second kappa shape index (κ2) is 4.21. The van der Waals surface area contributed by atoms with Crippen LogP contribution in [0.5, 0.6) is 0 Å². The molecule has 18 heavy (non-hydrogen) atoms. The van der Waals surface area contributed by atoms with E-state index in [1.54, 1.807) is 0 Å². The summed E-state index contributed by atoms with van der Waals surface area (Å²) >= 11 is 5.20. The van der Waals surface area contributed by atoms with Crippen molar-refractivity contribution in [3.8, 4) is 11.3 Å². The summed E-state index contributed by atoms with van der Waals surface area (Å²) in [6.45, 7) is 5.17. The molecule has 1 aliphatic heterocycles. The summed E-state index contributed by atoms with van der Waals surface area (Å²) in [5.74, 6) is 0.938. The summed E-state index contributed by atoms with van der Waals surface area (Å²) in [4.78, 5) is 7.57. The van der Waals surface area contributed by atoms with Crippen molar-refractivity contribution in [1.82, 2.24) is 9.97 Å². The van der Waals surface area contributed by atoms with Gasteiger partial charge in [-0.05, 0) is 50.2 Å². The molecular formula is C14H15N3S. The lowest BCUT2D eigenvalue weighted by molar-refractivity contribution is 1.08. The molecule has 1 aromatic carbocycles. The van der Waals surface area contributed by atoms with Gasteiger partial charge in [0.1, 0.15) is 5.82 Å². The molecule has 0 spiro atoms. The van der Waals surface area contributed by atoms with E-state index in [4.69, 9.17) is 12.2 Å². The van der Waals surface area contributed by atoms with Crippen molar-refractivity contribution in [2.24, 2.45) is 0 Å². The van der Waals surface area contributed by atoms with Crippen molar-refractivity contribution < 1.29 is 0 Å². The van der Waals surface area contributed by atoms with Crippen molar-refractivity contribution >= 4 is 18.0 Å². The highest BCUT2D eigenvalue weighted by molar-refractivity contribution is 7.71. The number of hydrogen-bond acceptors (Lipinski definition) is 3. The third-order valence-corrected chi connectivity index (χ3v) is 3.40. The van der Waals surface area contributed by atoms with Crippen LogP contribution in [0, 0.1) is 18.6 Å². The first-order valence-electron chi connectivity index (χ1n) is 6.09. The molecule has 0 unspecified atom stereocenters. The zero-order valence-electron chi connectivity index (χ0n) is 10.5. The van der Waals surface area contributed by atoms with Crippen molar-refractivity contribution in [2.45, 2.75) is 20.3 Å². The van der Waals surface area contributed by atoms with Gasteiger partial charge in [-0.2, -0.15) is 0 Å². The van der Waals surface area contributed by atoms with Gasteiger partial charge in [0.2, 0.25) is 0 Å². The molecule has 92 valence electrons. The number of aromatic nitrogens is 2. The van der Waals surface area contributed by atoms with Crippen molar-refractivity contribution in [3.05, 3.63) is 39.7 Å². The molecule has 0 amide bonds. The van der Waals surface area contributed by atoms with Crippen LogP contribution in [0.4, 0.5) is 5.82 Å². The maximum absolute atomic E-state index is 5.20. The van der Waals surface area contributed by atoms with E-state index in [0.717, 1.165) is 24.5 Å². The third-order valence-electron chi connectivity index (χ3n) is 3.21. The van der Waals surface area contributed by atoms with Crippen LogP contribution in [0.1, 0.15) is 16.7 Å². The standard InChI is InChI=1S/C14H15N3S/c1-8-5-9(2)7-10(6-8)12-11-3-4-15-13(11)17-14(18)16-12/h5-7H,3-4H2,1-2H3,(H2,15,16,17,18). The predicted octanol–water partition coefficient (Wildman–Crippen LogP) is 3.39. The van der Waals surface area contributed by atoms with Crippen LogP contribution in [0.2, 0.25) is 0 Å². The first kappa shape index (κ1) is 11.4. The molecule has 0 saturated carbocycles. The van der Waals surface area contributed by atoms with E-state index in [1.165, 1.54) is 22.3 Å². The highest BCUT2D eigenvalue weighted by Gasteiger charge is 2.17. The van der Waals surface area contributed by atoms with Gasteiger partial charge in [-0.3, -0.25) is 0 Å². The van der Waals surface area contributed by atoms with Gasteiger partial charge >= 0.3 is 0 Å². The topological polar surface area (TPSA) is 40.7 Å². The average Bonchev–Trinajstić information content (AvgIpc) is 2.74. The smallest absolute Gasteiger partial charge is 0.199 e. The SMILES string of the molecule is Cc1cc(C)cc(-c2[nH]c(=S)nc3c2CCN3)c1. The van der Waals surface area contributed by atoms with E-state index in [-0.39, 0.29) is 0 Å². The fourth-order valence-electron chi connectivity index (χ4n) is 2.56. The van der Waals surface area contributed by atoms with E-state index in [2.05, 4.69) is 47.3 Å². The summed E-state index contributed by atoms with van der Waals surface area (Å²) < 4.78 is 0.539. The second-order valence-corrected chi connectivity index (χ2v) is 5.18. The maximum atomic E-state index is 5.20. The Morgan fingerprint density at radius 3 is 2.61 bits per heavy atom. The number of H-pyrrole nitrogens is 1. The van der Waals surface area contributed by atoms with Crippen molar-refractivity contribution in [3.63, 3.8) is 0 Å². The molecular weight excluding hydrogens is 242 g/mol. The van der Waals surface area contributed by atoms with Gasteiger partial charge in [0.25, 0.3) is 0 Å². The molecule has 0 radical (unpaired) electrons. The van der Waals surface area contributed by atoms with Gasteiger partial charge in [0.05, 0.1) is 5.69 Å². The van der Waals surface area contributed by atoms with Crippen molar-refractivity contribution in [1.29, 1.82) is 0 Å². The zero-order valence-corrected chi connectivity index (χ0v) is 11.3. The largest absolute Gasteiger partial charge is 0.369 e. The van der Waals surface area contributed by atoms with Gasteiger partial charge in [-0.25, -0.2) is 4.98 Å². The lowest BCUT2D eigenvalue weighted by Crippen LogP contribution is -1.96. The minimum atomic E-state index is 0.539. The summed E-state index contributed by atoms with van der Waals surface area (Å²) in [6.07, 6.45) is 0.997. The molecule has 2 aromatic rings. The van der Waals surface area contributed by atoms with Gasteiger partial charge in [0.15, 0.2) is 4.77 Å². The van der Waals surface area contributed by atoms with Crippen LogP contribution in [-0.4, -0.2) is 16.5 Å². The molecule has 3 nitrogen and oxygen atoms in total. The predicted molar refractivity (Wildman–Crippen MR) is 76.5 cm³/mol. The van der Waals surface area contributed by atoms with Crippen LogP contribution >= 0.6 is 12.2 Å². The molecule has 1 aromatic heterocycles. The molecule has 0 bridgehead atoms. The van der Waals surface area contributed by atoms with Crippen molar-refractivity contribution in [2.75, 3.05) is 11.9 Å². The Labute approximate surface area is 111 Å². The molecule has 4 heteroatoms. The lowest BCUT2D eigenvalue weighted by atomic mass is 10.0. The number of benzene rings is 1. The fraction of sp³-hybridized carbons (Fsp3) is 0.286. The van der Waals surface area contributed by atoms with Gasteiger partial charge in [0, 0.05) is 12.1 Å². The molecule has 0 atom stereocenters. The van der Waals surface area contributed by atoms with Crippen LogP contribution in [0.25, 0.3) is 11.3 Å². The maximum Gasteiger partial charge on any atom is 0.199 e. The number of fused-ring (bicyclic) bond motifs is 1. The molecule has 2 heterocycles. The first-order chi connectivity index (χ1) is 8.63. The minimum absolute atomic E-state index is 0.539. The minimum Gasteiger partial charge on any atom is -0.369 e. The molecule has 0 aliphatic carbocycles. The number of nitrogens with one attached hydrogen (secondary N) is 2. The molecule has 2 N–H and O–H groups in total. The van der Waals surface area contributed by atoms with Gasteiger partial charge < -0.3 is 10.3 Å². The van der Waals surface area contributed by atoms with E-state index in [9.17, 15) is 0 Å². The molecule has 3 rings (SSSR count). The lowest BCUT2D eigenvalue weighted by Gasteiger charge is -2.09. The number of nitrogens with zero attached hydrogens (tertiary/aromatic N) is 1. The molecule has 0 saturated heterocycles. The normalized spacial score (nSPS) is 13.2. The van der Waals surface area contributed by atoms with Crippen LogP contribution in [0.15, 0.2) is 18.2 Å². The number of aryl methyl sites for hydroxylation is 2. The number of anilines is 1. The Balaban J connectivity index is 2.26. The Hall–Kier alpha value is -1.68.